The number of rotatable bonds is 7. The van der Waals surface area contributed by atoms with E-state index in [-0.39, 0.29) is 24.0 Å². The van der Waals surface area contributed by atoms with Gasteiger partial charge in [0.05, 0.1) is 22.9 Å². The molecule has 1 fully saturated rings. The van der Waals surface area contributed by atoms with Gasteiger partial charge in [0.2, 0.25) is 5.91 Å². The molecule has 1 amide bonds. The molecule has 1 atom stereocenters. The average molecular weight is 483 g/mol. The van der Waals surface area contributed by atoms with Gasteiger partial charge in [-0.15, -0.1) is 11.3 Å². The summed E-state index contributed by atoms with van der Waals surface area (Å²) in [6.07, 6.45) is 6.99. The molecule has 182 valence electrons. The van der Waals surface area contributed by atoms with Crippen LogP contribution in [0.25, 0.3) is 20.4 Å². The van der Waals surface area contributed by atoms with Crippen LogP contribution in [0.3, 0.4) is 0 Å². The normalized spacial score (nSPS) is 19.4. The Hall–Kier alpha value is -2.52. The quantitative estimate of drug-likeness (QED) is 0.527. The van der Waals surface area contributed by atoms with Crippen LogP contribution in [0.1, 0.15) is 51.2 Å². The van der Waals surface area contributed by atoms with Crippen molar-refractivity contribution in [1.82, 2.24) is 20.3 Å². The highest BCUT2D eigenvalue weighted by molar-refractivity contribution is 7.26. The predicted octanol–water partition coefficient (Wildman–Crippen LogP) is 3.92. The smallest absolute Gasteiger partial charge is 0.239 e. The Balaban J connectivity index is 1.48. The minimum absolute atomic E-state index is 0.0625. The molecule has 0 aromatic carbocycles. The van der Waals surface area contributed by atoms with E-state index in [0.717, 1.165) is 71.5 Å². The number of aromatic nitrogens is 3. The Morgan fingerprint density at radius 1 is 1.32 bits per heavy atom. The van der Waals surface area contributed by atoms with E-state index in [9.17, 15) is 4.79 Å². The molecule has 0 bridgehead atoms. The standard InChI is InChI=1S/C25H34N6O2S/c1-5-31(4)23-16-8-9-25(2,3)11-17(16)19-20-21(34-24(19)30-23)22(29-14-28-20)27-13-18(32)26-12-15-7-6-10-33-15/h14-15H,5-13H2,1-4H3,(H,26,32)(H,27,28,29). The van der Waals surface area contributed by atoms with E-state index >= 15 is 0 Å². The second-order valence-electron chi connectivity index (χ2n) is 10.2. The number of amides is 1. The van der Waals surface area contributed by atoms with Crippen molar-refractivity contribution in [2.75, 3.05) is 43.5 Å². The van der Waals surface area contributed by atoms with Crippen molar-refractivity contribution in [1.29, 1.82) is 0 Å². The van der Waals surface area contributed by atoms with Crippen LogP contribution in [0.15, 0.2) is 6.33 Å². The van der Waals surface area contributed by atoms with Crippen LogP contribution < -0.4 is 15.5 Å². The van der Waals surface area contributed by atoms with E-state index in [1.807, 2.05) is 0 Å². The Morgan fingerprint density at radius 2 is 2.18 bits per heavy atom. The first-order valence-corrected chi connectivity index (χ1v) is 13.1. The molecule has 1 unspecified atom stereocenters. The number of hydrogen-bond acceptors (Lipinski definition) is 8. The van der Waals surface area contributed by atoms with Crippen LogP contribution >= 0.6 is 11.3 Å². The summed E-state index contributed by atoms with van der Waals surface area (Å²) in [6.45, 7) is 9.26. The molecule has 34 heavy (non-hydrogen) atoms. The molecule has 1 aliphatic carbocycles. The molecule has 1 aliphatic heterocycles. The zero-order valence-corrected chi connectivity index (χ0v) is 21.3. The van der Waals surface area contributed by atoms with Crippen molar-refractivity contribution in [2.24, 2.45) is 5.41 Å². The van der Waals surface area contributed by atoms with Gasteiger partial charge in [-0.3, -0.25) is 4.79 Å². The van der Waals surface area contributed by atoms with E-state index < -0.39 is 0 Å². The van der Waals surface area contributed by atoms with Crippen molar-refractivity contribution in [3.63, 3.8) is 0 Å². The number of ether oxygens (including phenoxy) is 1. The van der Waals surface area contributed by atoms with Crippen LogP contribution in [0.5, 0.6) is 0 Å². The number of fused-ring (bicyclic) bond motifs is 5. The molecule has 4 heterocycles. The zero-order chi connectivity index (χ0) is 23.9. The average Bonchev–Trinajstić information content (AvgIpc) is 3.47. The molecule has 2 N–H and O–H groups in total. The van der Waals surface area contributed by atoms with Gasteiger partial charge in [0.15, 0.2) is 0 Å². The predicted molar refractivity (Wildman–Crippen MR) is 138 cm³/mol. The highest BCUT2D eigenvalue weighted by atomic mass is 32.1. The summed E-state index contributed by atoms with van der Waals surface area (Å²) in [4.78, 5) is 29.9. The number of carbonyl (C=O) groups excluding carboxylic acids is 1. The Morgan fingerprint density at radius 3 is 2.94 bits per heavy atom. The van der Waals surface area contributed by atoms with Gasteiger partial charge in [0.25, 0.3) is 0 Å². The zero-order valence-electron chi connectivity index (χ0n) is 20.5. The lowest BCUT2D eigenvalue weighted by Crippen LogP contribution is -2.35. The minimum atomic E-state index is -0.0625. The van der Waals surface area contributed by atoms with Gasteiger partial charge in [0, 0.05) is 32.1 Å². The van der Waals surface area contributed by atoms with Crippen molar-refractivity contribution in [2.45, 2.75) is 59.0 Å². The fourth-order valence-electron chi connectivity index (χ4n) is 5.04. The minimum Gasteiger partial charge on any atom is -0.376 e. The first kappa shape index (κ1) is 23.2. The maximum Gasteiger partial charge on any atom is 0.239 e. The van der Waals surface area contributed by atoms with Crippen LogP contribution in [0.2, 0.25) is 0 Å². The highest BCUT2D eigenvalue weighted by Gasteiger charge is 2.31. The first-order chi connectivity index (χ1) is 16.4. The van der Waals surface area contributed by atoms with Gasteiger partial charge in [-0.2, -0.15) is 0 Å². The van der Waals surface area contributed by atoms with E-state index in [2.05, 4.69) is 53.3 Å². The molecule has 2 aliphatic rings. The lowest BCUT2D eigenvalue weighted by molar-refractivity contribution is -0.119. The van der Waals surface area contributed by atoms with Crippen LogP contribution in [-0.4, -0.2) is 60.3 Å². The van der Waals surface area contributed by atoms with Crippen LogP contribution in [0, 0.1) is 5.41 Å². The maximum absolute atomic E-state index is 12.4. The Labute approximate surface area is 204 Å². The van der Waals surface area contributed by atoms with Crippen LogP contribution in [-0.2, 0) is 22.4 Å². The molecule has 3 aromatic heterocycles. The summed E-state index contributed by atoms with van der Waals surface area (Å²) in [5.74, 6) is 1.71. The SMILES string of the molecule is CCN(C)c1nc2sc3c(NCC(=O)NCC4CCCO4)ncnc3c2c2c1CCC(C)(C)C2. The summed E-state index contributed by atoms with van der Waals surface area (Å²) in [6, 6.07) is 0. The fourth-order valence-corrected chi connectivity index (χ4v) is 6.16. The second kappa shape index (κ2) is 9.26. The largest absolute Gasteiger partial charge is 0.376 e. The first-order valence-electron chi connectivity index (χ1n) is 12.3. The maximum atomic E-state index is 12.4. The number of nitrogens with zero attached hydrogens (tertiary/aromatic N) is 4. The van der Waals surface area contributed by atoms with Gasteiger partial charge < -0.3 is 20.3 Å². The lowest BCUT2D eigenvalue weighted by Gasteiger charge is -2.34. The summed E-state index contributed by atoms with van der Waals surface area (Å²) in [5.41, 5.74) is 3.91. The molecule has 0 spiro atoms. The molecule has 1 saturated heterocycles. The van der Waals surface area contributed by atoms with E-state index in [1.54, 1.807) is 17.7 Å². The lowest BCUT2D eigenvalue weighted by atomic mass is 9.73. The van der Waals surface area contributed by atoms with Crippen molar-refractivity contribution < 1.29 is 9.53 Å². The molecule has 3 aromatic rings. The molecular formula is C25H34N6O2S. The third-order valence-corrected chi connectivity index (χ3v) is 8.19. The van der Waals surface area contributed by atoms with Gasteiger partial charge in [-0.1, -0.05) is 13.8 Å². The number of nitrogens with one attached hydrogen (secondary N) is 2. The topological polar surface area (TPSA) is 92.3 Å². The molecule has 5 rings (SSSR count). The van der Waals surface area contributed by atoms with Crippen LogP contribution in [0.4, 0.5) is 11.6 Å². The number of hydrogen-bond donors (Lipinski definition) is 2. The molecule has 0 saturated carbocycles. The summed E-state index contributed by atoms with van der Waals surface area (Å²) in [5, 5.41) is 7.36. The number of carbonyl (C=O) groups is 1. The van der Waals surface area contributed by atoms with Crippen molar-refractivity contribution in [3.05, 3.63) is 17.5 Å². The monoisotopic (exact) mass is 482 g/mol. The Kier molecular flexibility index (Phi) is 6.33. The molecular weight excluding hydrogens is 448 g/mol. The third-order valence-electron chi connectivity index (χ3n) is 7.11. The summed E-state index contributed by atoms with van der Waals surface area (Å²) in [7, 11) is 2.11. The molecule has 8 nitrogen and oxygen atoms in total. The summed E-state index contributed by atoms with van der Waals surface area (Å²) >= 11 is 1.61. The van der Waals surface area contributed by atoms with Crippen molar-refractivity contribution in [3.8, 4) is 0 Å². The summed E-state index contributed by atoms with van der Waals surface area (Å²) < 4.78 is 6.54. The molecule has 9 heteroatoms. The number of thiophene rings is 1. The van der Waals surface area contributed by atoms with Gasteiger partial charge in [0.1, 0.15) is 22.8 Å². The fraction of sp³-hybridized carbons (Fsp3) is 0.600. The van der Waals surface area contributed by atoms with Gasteiger partial charge >= 0.3 is 0 Å². The molecule has 0 radical (unpaired) electrons. The second-order valence-corrected chi connectivity index (χ2v) is 11.2. The third kappa shape index (κ3) is 4.43. The number of anilines is 2. The van der Waals surface area contributed by atoms with E-state index in [4.69, 9.17) is 9.72 Å². The van der Waals surface area contributed by atoms with E-state index in [1.165, 1.54) is 11.1 Å². The van der Waals surface area contributed by atoms with Gasteiger partial charge in [-0.05, 0) is 55.6 Å². The van der Waals surface area contributed by atoms with E-state index in [0.29, 0.717) is 12.4 Å². The van der Waals surface area contributed by atoms with Gasteiger partial charge in [-0.25, -0.2) is 15.0 Å². The Bertz CT molecular complexity index is 1220. The number of pyridine rings is 1. The van der Waals surface area contributed by atoms with Crippen molar-refractivity contribution >= 4 is 49.3 Å². The highest BCUT2D eigenvalue weighted by Crippen LogP contribution is 2.45.